The summed E-state index contributed by atoms with van der Waals surface area (Å²) >= 11 is 0. The largest absolute Gasteiger partial charge is 0.631 e. The van der Waals surface area contributed by atoms with Gasteiger partial charge in [-0.05, 0) is 0 Å². The normalized spacial score (nSPS) is 39.2. The molecule has 4 aliphatic rings. The molecule has 194 valence electrons. The van der Waals surface area contributed by atoms with E-state index in [4.69, 9.17) is 15.2 Å². The lowest BCUT2D eigenvalue weighted by Gasteiger charge is -2.38. The van der Waals surface area contributed by atoms with E-state index in [0.29, 0.717) is 0 Å². The first-order chi connectivity index (χ1) is 16.4. The number of nitrogens with one attached hydrogen (secondary N) is 1. The van der Waals surface area contributed by atoms with Crippen LogP contribution in [0.2, 0.25) is 0 Å². The van der Waals surface area contributed by atoms with Gasteiger partial charge in [0.1, 0.15) is 61.6 Å². The van der Waals surface area contributed by atoms with Gasteiger partial charge in [-0.1, -0.05) is 4.31 Å². The van der Waals surface area contributed by atoms with E-state index < -0.39 is 78.5 Å². The number of H-pyrrole nitrogens is 1. The first-order valence-corrected chi connectivity index (χ1v) is 13.0. The van der Waals surface area contributed by atoms with Crippen molar-refractivity contribution in [2.24, 2.45) is 0 Å². The van der Waals surface area contributed by atoms with E-state index in [1.54, 1.807) is 0 Å². The summed E-state index contributed by atoms with van der Waals surface area (Å²) in [5.41, 5.74) is 6.43. The summed E-state index contributed by atoms with van der Waals surface area (Å²) < 4.78 is 25.1. The number of aliphatic hydroxyl groups excluding tert-OH is 4. The molecule has 6 rings (SSSR count). The van der Waals surface area contributed by atoms with E-state index in [9.17, 15) is 40.0 Å². The molecule has 8 atom stereocenters. The van der Waals surface area contributed by atoms with Crippen molar-refractivity contribution in [3.63, 3.8) is 0 Å². The molecule has 0 spiro atoms. The molecule has 0 saturated carbocycles. The highest BCUT2D eigenvalue weighted by Gasteiger charge is 2.50. The molecule has 7 N–H and O–H groups in total. The highest BCUT2D eigenvalue weighted by molar-refractivity contribution is 7.65. The van der Waals surface area contributed by atoms with Crippen molar-refractivity contribution in [3.05, 3.63) is 12.0 Å². The molecule has 2 saturated heterocycles. The minimum atomic E-state index is -5.56. The highest BCUT2D eigenvalue weighted by Crippen LogP contribution is 2.60. The number of hydrogen-bond donors (Lipinski definition) is 6. The number of rotatable bonds is 0. The number of nitrogen functional groups attached to an aromatic ring is 1. The van der Waals surface area contributed by atoms with Crippen LogP contribution in [-0.4, -0.2) is 85.4 Å². The van der Waals surface area contributed by atoms with Gasteiger partial charge in [-0.3, -0.25) is 5.10 Å². The molecule has 2 aromatic heterocycles. The molecule has 20 heteroatoms. The smallest absolute Gasteiger partial charge is 0.253 e. The molecule has 0 aliphatic carbocycles. The molecule has 18 nitrogen and oxygen atoms in total. The number of aliphatic hydroxyl groups is 4. The van der Waals surface area contributed by atoms with E-state index in [-0.39, 0.29) is 22.5 Å². The summed E-state index contributed by atoms with van der Waals surface area (Å²) in [6.07, 6.45) is -10.9. The lowest BCUT2D eigenvalue weighted by molar-refractivity contribution is -0.755. The zero-order valence-corrected chi connectivity index (χ0v) is 19.2. The molecule has 2 aromatic rings. The summed E-state index contributed by atoms with van der Waals surface area (Å²) in [5.74, 6) is -0.0884. The van der Waals surface area contributed by atoms with Crippen LogP contribution in [0.5, 0.6) is 0 Å². The third-order valence-electron chi connectivity index (χ3n) is 5.85. The third-order valence-corrected chi connectivity index (χ3v) is 8.38. The van der Waals surface area contributed by atoms with Gasteiger partial charge in [-0.15, -0.1) is 4.98 Å². The van der Waals surface area contributed by atoms with Crippen molar-refractivity contribution in [1.82, 2.24) is 15.2 Å². The quantitative estimate of drug-likeness (QED) is 0.134. The number of ether oxygens (including phenoxy) is 2. The number of hydrogen-bond acceptors (Lipinski definition) is 16. The van der Waals surface area contributed by atoms with Crippen LogP contribution in [0.1, 0.15) is 18.0 Å². The van der Waals surface area contributed by atoms with Crippen molar-refractivity contribution in [3.8, 4) is 0 Å². The second kappa shape index (κ2) is 8.91. The fourth-order valence-corrected chi connectivity index (χ4v) is 6.10. The molecule has 8 bridgehead atoms. The van der Waals surface area contributed by atoms with Crippen molar-refractivity contribution in [2.45, 2.75) is 49.0 Å². The van der Waals surface area contributed by atoms with Gasteiger partial charge >= 0.3 is 0 Å². The Bertz CT molecular complexity index is 1110. The number of aromatic nitrogens is 4. The van der Waals surface area contributed by atoms with E-state index in [0.717, 1.165) is 10.9 Å². The summed E-state index contributed by atoms with van der Waals surface area (Å²) in [5, 5.41) is 48.1. The zero-order chi connectivity index (χ0) is 25.3. The summed E-state index contributed by atoms with van der Waals surface area (Å²) in [6, 6.07) is 0. The Hall–Kier alpha value is -1.31. The van der Waals surface area contributed by atoms with Crippen LogP contribution in [0, 0.1) is 0 Å². The van der Waals surface area contributed by atoms with E-state index >= 15 is 0 Å². The maximum Gasteiger partial charge on any atom is 0.253 e. The Balaban J connectivity index is 1.56. The highest BCUT2D eigenvalue weighted by atomic mass is 31.3. The zero-order valence-electron chi connectivity index (χ0n) is 17.4. The Labute approximate surface area is 196 Å². The topological polar surface area (TPSA) is 291 Å². The molecular weight excluding hydrogens is 520 g/mol. The van der Waals surface area contributed by atoms with Crippen molar-refractivity contribution >= 4 is 33.2 Å². The van der Waals surface area contributed by atoms with Gasteiger partial charge in [0, 0.05) is 0 Å². The molecular formula is C15H20N5O13P2-. The number of nitrogens with two attached hydrogens (primary N) is 1. The van der Waals surface area contributed by atoms with Crippen LogP contribution in [-0.2, 0) is 22.8 Å². The van der Waals surface area contributed by atoms with Gasteiger partial charge in [0.05, 0.1) is 0 Å². The van der Waals surface area contributed by atoms with Crippen LogP contribution < -0.4 is 29.9 Å². The maximum absolute atomic E-state index is 12.0. The van der Waals surface area contributed by atoms with Gasteiger partial charge in [-0.2, -0.15) is 5.10 Å². The second-order valence-electron chi connectivity index (χ2n) is 8.06. The number of phosphoric ester groups is 2. The molecule has 0 unspecified atom stereocenters. The molecule has 2 fully saturated rings. The van der Waals surface area contributed by atoms with Gasteiger partial charge in [0.2, 0.25) is 12.6 Å². The van der Waals surface area contributed by atoms with Gasteiger partial charge in [-0.25, -0.2) is 13.6 Å². The molecule has 4 aliphatic heterocycles. The lowest BCUT2D eigenvalue weighted by atomic mass is 10.1. The second-order valence-corrected chi connectivity index (χ2v) is 11.0. The maximum atomic E-state index is 12.0. The number of anilines is 1. The molecule has 0 aromatic carbocycles. The Morgan fingerprint density at radius 1 is 0.914 bits per heavy atom. The van der Waals surface area contributed by atoms with Crippen molar-refractivity contribution in [1.29, 1.82) is 0 Å². The van der Waals surface area contributed by atoms with Crippen LogP contribution >= 0.6 is 16.3 Å². The SMILES string of the molecule is Nc1c2n[nH]c3c2nc[n+]1[C@@H]1O[C@H](CO[P+]([O-])([O-])O[P+]([O-])([O-])OC[C@H]2O[C@@H]3[C@H](O)[C@@H]2O)[C@@H](O)[C@H]1O. The van der Waals surface area contributed by atoms with Crippen molar-refractivity contribution < 1.29 is 67.4 Å². The van der Waals surface area contributed by atoms with Crippen LogP contribution in [0.15, 0.2) is 6.33 Å². The standard InChI is InChI=1S/C15H21N5O13P2/c16-14-8-6-7(18-19-8)13-11(23)9(21)4(31-13)1-29-34(25,26)33-35(27,28)30-2-5-10(22)12(24)15(32-5)20(14)3-17-6/h3-5,9-13,15,21-24H,1-2H2,(H4,16,18,19,25,26,27,28)/p-1/t4-,5-,9-,10-,11-,12-,13+,15-/m1/s1. The summed E-state index contributed by atoms with van der Waals surface area (Å²) in [7, 11) is -11.1. The summed E-state index contributed by atoms with van der Waals surface area (Å²) in [6.45, 7) is -1.86. The molecule has 0 radical (unpaired) electrons. The summed E-state index contributed by atoms with van der Waals surface area (Å²) in [4.78, 5) is 52.3. The van der Waals surface area contributed by atoms with Crippen LogP contribution in [0.4, 0.5) is 5.82 Å². The van der Waals surface area contributed by atoms with Gasteiger partial charge in [0.25, 0.3) is 22.2 Å². The van der Waals surface area contributed by atoms with Crippen LogP contribution in [0.3, 0.4) is 0 Å². The van der Waals surface area contributed by atoms with E-state index in [1.165, 1.54) is 0 Å². The Morgan fingerprint density at radius 2 is 1.51 bits per heavy atom. The van der Waals surface area contributed by atoms with Crippen molar-refractivity contribution in [2.75, 3.05) is 18.9 Å². The first-order valence-electron chi connectivity index (χ1n) is 10.1. The monoisotopic (exact) mass is 540 g/mol. The van der Waals surface area contributed by atoms with E-state index in [2.05, 4.69) is 28.5 Å². The predicted octanol–water partition coefficient (Wildman–Crippen LogP) is -6.53. The van der Waals surface area contributed by atoms with Gasteiger partial charge in [0.15, 0.2) is 11.0 Å². The Kier molecular flexibility index (Phi) is 6.45. The van der Waals surface area contributed by atoms with E-state index in [1.807, 2.05) is 0 Å². The Morgan fingerprint density at radius 3 is 2.17 bits per heavy atom. The fraction of sp³-hybridized carbons (Fsp3) is 0.667. The average molecular weight is 540 g/mol. The average Bonchev–Trinajstić information content (AvgIpc) is 3.41. The lowest BCUT2D eigenvalue weighted by Crippen LogP contribution is -2.48. The first kappa shape index (κ1) is 25.3. The molecule has 35 heavy (non-hydrogen) atoms. The minimum Gasteiger partial charge on any atom is -0.631 e. The van der Waals surface area contributed by atoms with Crippen LogP contribution in [0.25, 0.3) is 11.0 Å². The molecule has 6 heterocycles. The third kappa shape index (κ3) is 4.50. The number of aromatic amines is 1. The number of fused-ring (bicyclic) bond motifs is 7. The van der Waals surface area contributed by atoms with Gasteiger partial charge < -0.3 is 55.2 Å². The molecule has 0 amide bonds. The number of nitrogens with zero attached hydrogens (tertiary/aromatic N) is 3. The predicted molar refractivity (Wildman–Crippen MR) is 101 cm³/mol. The number of phosphoric acid groups is 2. The minimum absolute atomic E-state index is 0.0557. The fourth-order valence-electron chi connectivity index (χ4n) is 4.09.